The Morgan fingerprint density at radius 1 is 1.25 bits per heavy atom. The summed E-state index contributed by atoms with van der Waals surface area (Å²) >= 11 is 5.91. The van der Waals surface area contributed by atoms with Crippen molar-refractivity contribution in [3.63, 3.8) is 0 Å². The second kappa shape index (κ2) is 9.52. The van der Waals surface area contributed by atoms with E-state index in [1.165, 1.54) is 44.4 Å². The Labute approximate surface area is 165 Å². The molecule has 146 valence electrons. The number of amides is 1. The van der Waals surface area contributed by atoms with Crippen LogP contribution in [0.25, 0.3) is 6.08 Å². The molecular weight excluding hydrogens is 388 g/mol. The molecule has 0 heterocycles. The molecule has 1 N–H and O–H groups in total. The van der Waals surface area contributed by atoms with Crippen LogP contribution >= 0.6 is 11.6 Å². The number of esters is 1. The van der Waals surface area contributed by atoms with Crippen LogP contribution in [0.1, 0.15) is 12.5 Å². The molecule has 0 fully saturated rings. The van der Waals surface area contributed by atoms with Crippen molar-refractivity contribution in [2.45, 2.75) is 13.0 Å². The van der Waals surface area contributed by atoms with Crippen LogP contribution in [-0.2, 0) is 14.3 Å². The minimum absolute atomic E-state index is 0.0984. The maximum absolute atomic E-state index is 12.2. The predicted octanol–water partition coefficient (Wildman–Crippen LogP) is 3.84. The van der Waals surface area contributed by atoms with Crippen LogP contribution in [-0.4, -0.2) is 30.0 Å². The van der Waals surface area contributed by atoms with E-state index in [0.717, 1.165) is 6.08 Å². The van der Waals surface area contributed by atoms with Gasteiger partial charge in [0.2, 0.25) is 0 Å². The Balaban J connectivity index is 1.98. The van der Waals surface area contributed by atoms with Crippen molar-refractivity contribution in [2.24, 2.45) is 0 Å². The molecule has 1 atom stereocenters. The van der Waals surface area contributed by atoms with Crippen LogP contribution in [0, 0.1) is 10.1 Å². The van der Waals surface area contributed by atoms with Gasteiger partial charge < -0.3 is 14.8 Å². The van der Waals surface area contributed by atoms with Gasteiger partial charge in [-0.25, -0.2) is 4.79 Å². The van der Waals surface area contributed by atoms with Gasteiger partial charge in [-0.1, -0.05) is 23.7 Å². The lowest BCUT2D eigenvalue weighted by molar-refractivity contribution is -0.384. The Kier molecular flexibility index (Phi) is 7.11. The number of hydrogen-bond donors (Lipinski definition) is 1. The van der Waals surface area contributed by atoms with Crippen molar-refractivity contribution < 1.29 is 24.0 Å². The summed E-state index contributed by atoms with van der Waals surface area (Å²) in [5.41, 5.74) is 0.695. The number of rotatable bonds is 7. The Morgan fingerprint density at radius 2 is 2.00 bits per heavy atom. The average molecular weight is 405 g/mol. The van der Waals surface area contributed by atoms with Crippen molar-refractivity contribution >= 4 is 40.9 Å². The lowest BCUT2D eigenvalue weighted by atomic mass is 10.2. The molecule has 0 radical (unpaired) electrons. The van der Waals surface area contributed by atoms with Crippen LogP contribution in [0.2, 0.25) is 5.02 Å². The van der Waals surface area contributed by atoms with Gasteiger partial charge in [0.25, 0.3) is 11.6 Å². The first-order valence-corrected chi connectivity index (χ1v) is 8.45. The molecule has 0 spiro atoms. The minimum atomic E-state index is -1.09. The van der Waals surface area contributed by atoms with E-state index in [1.807, 2.05) is 0 Å². The summed E-state index contributed by atoms with van der Waals surface area (Å²) in [5.74, 6) is -0.938. The normalized spacial score (nSPS) is 11.7. The molecule has 0 bridgehead atoms. The topological polar surface area (TPSA) is 108 Å². The number of nitrogens with zero attached hydrogens (tertiary/aromatic N) is 1. The fraction of sp³-hybridized carbons (Fsp3) is 0.158. The van der Waals surface area contributed by atoms with E-state index in [0.29, 0.717) is 22.0 Å². The highest BCUT2D eigenvalue weighted by Gasteiger charge is 2.18. The van der Waals surface area contributed by atoms with E-state index < -0.39 is 22.9 Å². The van der Waals surface area contributed by atoms with Gasteiger partial charge in [0.15, 0.2) is 6.10 Å². The first-order chi connectivity index (χ1) is 13.3. The maximum Gasteiger partial charge on any atom is 0.331 e. The highest BCUT2D eigenvalue weighted by Crippen LogP contribution is 2.27. The molecule has 2 aromatic rings. The van der Waals surface area contributed by atoms with Gasteiger partial charge in [-0.15, -0.1) is 0 Å². The summed E-state index contributed by atoms with van der Waals surface area (Å²) in [6.07, 6.45) is 1.36. The fourth-order valence-electron chi connectivity index (χ4n) is 2.19. The van der Waals surface area contributed by atoms with E-state index >= 15 is 0 Å². The monoisotopic (exact) mass is 404 g/mol. The third-order valence-corrected chi connectivity index (χ3v) is 3.81. The fourth-order valence-corrected chi connectivity index (χ4v) is 2.36. The number of carbonyl (C=O) groups is 2. The van der Waals surface area contributed by atoms with Crippen molar-refractivity contribution in [3.8, 4) is 5.75 Å². The molecule has 0 saturated carbocycles. The van der Waals surface area contributed by atoms with Gasteiger partial charge in [-0.05, 0) is 36.8 Å². The third kappa shape index (κ3) is 5.82. The number of anilines is 1. The van der Waals surface area contributed by atoms with Gasteiger partial charge in [-0.2, -0.15) is 0 Å². The van der Waals surface area contributed by atoms with E-state index in [-0.39, 0.29) is 5.69 Å². The lowest BCUT2D eigenvalue weighted by Crippen LogP contribution is -2.29. The first-order valence-electron chi connectivity index (χ1n) is 8.07. The molecular formula is C19H17ClN2O6. The maximum atomic E-state index is 12.2. The third-order valence-electron chi connectivity index (χ3n) is 3.57. The molecule has 1 amide bonds. The molecule has 9 heteroatoms. The number of non-ortho nitro benzene ring substituents is 1. The summed E-state index contributed by atoms with van der Waals surface area (Å²) < 4.78 is 10.2. The quantitative estimate of drug-likeness (QED) is 0.325. The summed E-state index contributed by atoms with van der Waals surface area (Å²) in [4.78, 5) is 34.4. The van der Waals surface area contributed by atoms with Gasteiger partial charge in [0.05, 0.1) is 17.7 Å². The summed E-state index contributed by atoms with van der Waals surface area (Å²) in [6.45, 7) is 1.41. The highest BCUT2D eigenvalue weighted by atomic mass is 35.5. The van der Waals surface area contributed by atoms with Gasteiger partial charge in [-0.3, -0.25) is 14.9 Å². The van der Waals surface area contributed by atoms with E-state index in [2.05, 4.69) is 5.32 Å². The van der Waals surface area contributed by atoms with Gasteiger partial charge >= 0.3 is 5.97 Å². The zero-order valence-electron chi connectivity index (χ0n) is 15.0. The zero-order valence-corrected chi connectivity index (χ0v) is 15.8. The number of nitrogens with one attached hydrogen (secondary N) is 1. The van der Waals surface area contributed by atoms with E-state index in [4.69, 9.17) is 21.1 Å². The van der Waals surface area contributed by atoms with Crippen molar-refractivity contribution in [3.05, 3.63) is 69.2 Å². The van der Waals surface area contributed by atoms with Crippen molar-refractivity contribution in [1.29, 1.82) is 0 Å². The van der Waals surface area contributed by atoms with E-state index in [1.54, 1.807) is 18.2 Å². The number of methoxy groups -OCH3 is 1. The molecule has 0 aliphatic heterocycles. The Hall–Kier alpha value is -3.39. The second-order valence-electron chi connectivity index (χ2n) is 5.60. The lowest BCUT2D eigenvalue weighted by Gasteiger charge is -2.14. The zero-order chi connectivity index (χ0) is 20.7. The number of carbonyl (C=O) groups excluding carboxylic acids is 2. The number of nitro groups is 1. The second-order valence-corrected chi connectivity index (χ2v) is 6.03. The molecule has 2 rings (SSSR count). The van der Waals surface area contributed by atoms with Gasteiger partial charge in [0.1, 0.15) is 5.75 Å². The van der Waals surface area contributed by atoms with Gasteiger partial charge in [0, 0.05) is 23.2 Å². The number of nitro benzene ring substituents is 1. The minimum Gasteiger partial charge on any atom is -0.495 e. The highest BCUT2D eigenvalue weighted by molar-refractivity contribution is 6.31. The van der Waals surface area contributed by atoms with Crippen molar-refractivity contribution in [2.75, 3.05) is 12.4 Å². The number of halogens is 1. The summed E-state index contributed by atoms with van der Waals surface area (Å²) in [7, 11) is 1.45. The summed E-state index contributed by atoms with van der Waals surface area (Å²) in [6, 6.07) is 10.5. The van der Waals surface area contributed by atoms with Crippen LogP contribution in [0.4, 0.5) is 11.4 Å². The smallest absolute Gasteiger partial charge is 0.331 e. The Morgan fingerprint density at radius 3 is 2.68 bits per heavy atom. The summed E-state index contributed by atoms with van der Waals surface area (Å²) in [5, 5.41) is 13.7. The standard InChI is InChI=1S/C19H17ClN2O6/c1-12(19(24)21-16-11-14(20)7-8-17(16)27-2)28-18(23)9-6-13-4-3-5-15(10-13)22(25)26/h3-12H,1-2H3,(H,21,24)/b9-6+. The average Bonchev–Trinajstić information content (AvgIpc) is 2.66. The van der Waals surface area contributed by atoms with E-state index in [9.17, 15) is 19.7 Å². The SMILES string of the molecule is COc1ccc(Cl)cc1NC(=O)C(C)OC(=O)/C=C/c1cccc([N+](=O)[O-])c1. The van der Waals surface area contributed by atoms with Crippen LogP contribution < -0.4 is 10.1 Å². The molecule has 0 aliphatic carbocycles. The predicted molar refractivity (Wildman–Crippen MR) is 104 cm³/mol. The Bertz CT molecular complexity index is 928. The molecule has 2 aromatic carbocycles. The molecule has 0 aliphatic rings. The molecule has 8 nitrogen and oxygen atoms in total. The molecule has 28 heavy (non-hydrogen) atoms. The molecule has 0 saturated heterocycles. The van der Waals surface area contributed by atoms with Crippen LogP contribution in [0.3, 0.4) is 0 Å². The number of hydrogen-bond acceptors (Lipinski definition) is 6. The number of ether oxygens (including phenoxy) is 2. The van der Waals surface area contributed by atoms with Crippen LogP contribution in [0.5, 0.6) is 5.75 Å². The largest absolute Gasteiger partial charge is 0.495 e. The van der Waals surface area contributed by atoms with Crippen molar-refractivity contribution in [1.82, 2.24) is 0 Å². The number of benzene rings is 2. The molecule has 0 aromatic heterocycles. The first kappa shape index (κ1) is 20.9. The van der Waals surface area contributed by atoms with Crippen LogP contribution in [0.15, 0.2) is 48.5 Å². The molecule has 1 unspecified atom stereocenters.